The number of carboxylic acid groups (broad SMARTS) is 1. The number of ether oxygens (including phenoxy) is 1. The van der Waals surface area contributed by atoms with Crippen molar-refractivity contribution in [2.75, 3.05) is 26.8 Å². The van der Waals surface area contributed by atoms with Gasteiger partial charge in [-0.25, -0.2) is 4.79 Å². The number of amides is 3. The Bertz CT molecular complexity index is 362. The van der Waals surface area contributed by atoms with Crippen molar-refractivity contribution in [2.24, 2.45) is 0 Å². The highest BCUT2D eigenvalue weighted by molar-refractivity contribution is 5.86. The Morgan fingerprint density at radius 2 is 1.90 bits per heavy atom. The summed E-state index contributed by atoms with van der Waals surface area (Å²) in [5.41, 5.74) is 0. The summed E-state index contributed by atoms with van der Waals surface area (Å²) in [4.78, 5) is 35.9. The van der Waals surface area contributed by atoms with Crippen LogP contribution in [0.5, 0.6) is 0 Å². The Hall–Kier alpha value is -1.83. The molecule has 0 aliphatic rings. The predicted molar refractivity (Wildman–Crippen MR) is 77.0 cm³/mol. The molecule has 0 bridgehead atoms. The number of carbonyl (C=O) groups is 3. The third-order valence-electron chi connectivity index (χ3n) is 2.94. The summed E-state index contributed by atoms with van der Waals surface area (Å²) in [7, 11) is 1.53. The van der Waals surface area contributed by atoms with Crippen molar-refractivity contribution in [3.8, 4) is 0 Å². The van der Waals surface area contributed by atoms with Crippen molar-refractivity contribution in [3.05, 3.63) is 0 Å². The number of carboxylic acids is 1. The molecule has 8 heteroatoms. The fourth-order valence-electron chi connectivity index (χ4n) is 1.78. The van der Waals surface area contributed by atoms with Crippen LogP contribution in [0.4, 0.5) is 4.79 Å². The van der Waals surface area contributed by atoms with Crippen molar-refractivity contribution in [2.45, 2.75) is 39.3 Å². The molecule has 0 saturated heterocycles. The molecule has 0 aromatic carbocycles. The lowest BCUT2D eigenvalue weighted by atomic mass is 10.2. The van der Waals surface area contributed by atoms with E-state index in [-0.39, 0.29) is 12.3 Å². The molecule has 3 amide bonds. The van der Waals surface area contributed by atoms with Gasteiger partial charge in [-0.3, -0.25) is 9.59 Å². The second-order valence-electron chi connectivity index (χ2n) is 4.69. The summed E-state index contributed by atoms with van der Waals surface area (Å²) in [5, 5.41) is 13.9. The predicted octanol–water partition coefficient (Wildman–Crippen LogP) is 0.0322. The Balaban J connectivity index is 4.41. The standard InChI is InChI=1S/C13H25N3O5/c1-5-16(9(2)8-11(17)18)13(20)15-10(3)12(19)14-6-7-21-4/h9-10H,5-8H2,1-4H3,(H,14,19)(H,15,20)(H,17,18). The normalized spacial score (nSPS) is 13.1. The average Bonchev–Trinajstić information content (AvgIpc) is 2.38. The van der Waals surface area contributed by atoms with Gasteiger partial charge in [-0.05, 0) is 20.8 Å². The summed E-state index contributed by atoms with van der Waals surface area (Å²) in [6, 6.07) is -1.61. The Labute approximate surface area is 124 Å². The molecular formula is C13H25N3O5. The van der Waals surface area contributed by atoms with Crippen LogP contribution >= 0.6 is 0 Å². The molecule has 0 aliphatic heterocycles. The van der Waals surface area contributed by atoms with Crippen LogP contribution in [-0.2, 0) is 14.3 Å². The molecule has 8 nitrogen and oxygen atoms in total. The van der Waals surface area contributed by atoms with Gasteiger partial charge in [-0.15, -0.1) is 0 Å². The molecule has 0 heterocycles. The van der Waals surface area contributed by atoms with E-state index in [1.807, 2.05) is 0 Å². The summed E-state index contributed by atoms with van der Waals surface area (Å²) in [6.07, 6.45) is -0.143. The number of hydrogen-bond acceptors (Lipinski definition) is 4. The third kappa shape index (κ3) is 7.50. The van der Waals surface area contributed by atoms with Gasteiger partial charge in [0.05, 0.1) is 13.0 Å². The fourth-order valence-corrected chi connectivity index (χ4v) is 1.78. The zero-order valence-corrected chi connectivity index (χ0v) is 13.0. The van der Waals surface area contributed by atoms with Crippen LogP contribution in [0.3, 0.4) is 0 Å². The first kappa shape index (κ1) is 19.2. The van der Waals surface area contributed by atoms with E-state index in [2.05, 4.69) is 10.6 Å². The SMILES string of the molecule is CCN(C(=O)NC(C)C(=O)NCCOC)C(C)CC(=O)O. The molecule has 122 valence electrons. The molecule has 0 aromatic heterocycles. The van der Waals surface area contributed by atoms with E-state index in [0.29, 0.717) is 19.7 Å². The van der Waals surface area contributed by atoms with Gasteiger partial charge in [0.15, 0.2) is 0 Å². The minimum atomic E-state index is -0.973. The lowest BCUT2D eigenvalue weighted by Gasteiger charge is -2.28. The minimum absolute atomic E-state index is 0.143. The van der Waals surface area contributed by atoms with Gasteiger partial charge in [0.1, 0.15) is 6.04 Å². The van der Waals surface area contributed by atoms with E-state index in [1.165, 1.54) is 12.0 Å². The van der Waals surface area contributed by atoms with E-state index in [9.17, 15) is 14.4 Å². The molecule has 2 unspecified atom stereocenters. The number of nitrogens with zero attached hydrogens (tertiary/aromatic N) is 1. The zero-order chi connectivity index (χ0) is 16.4. The van der Waals surface area contributed by atoms with Crippen molar-refractivity contribution < 1.29 is 24.2 Å². The Morgan fingerprint density at radius 1 is 1.29 bits per heavy atom. The van der Waals surface area contributed by atoms with Gasteiger partial charge in [-0.2, -0.15) is 0 Å². The van der Waals surface area contributed by atoms with Crippen LogP contribution in [0.15, 0.2) is 0 Å². The fraction of sp³-hybridized carbons (Fsp3) is 0.769. The first-order valence-electron chi connectivity index (χ1n) is 6.89. The number of rotatable bonds is 9. The molecule has 2 atom stereocenters. The number of urea groups is 1. The first-order valence-corrected chi connectivity index (χ1v) is 6.89. The average molecular weight is 303 g/mol. The second-order valence-corrected chi connectivity index (χ2v) is 4.69. The maximum absolute atomic E-state index is 12.1. The van der Waals surface area contributed by atoms with Crippen LogP contribution in [0.25, 0.3) is 0 Å². The second kappa shape index (κ2) is 9.98. The molecule has 3 N–H and O–H groups in total. The van der Waals surface area contributed by atoms with E-state index in [0.717, 1.165) is 0 Å². The van der Waals surface area contributed by atoms with Gasteiger partial charge in [0.2, 0.25) is 5.91 Å². The van der Waals surface area contributed by atoms with Crippen LogP contribution in [0.1, 0.15) is 27.2 Å². The van der Waals surface area contributed by atoms with Gasteiger partial charge in [0.25, 0.3) is 0 Å². The Morgan fingerprint density at radius 3 is 2.38 bits per heavy atom. The third-order valence-corrected chi connectivity index (χ3v) is 2.94. The molecule has 0 spiro atoms. The molecule has 0 fully saturated rings. The van der Waals surface area contributed by atoms with Gasteiger partial charge in [-0.1, -0.05) is 0 Å². The van der Waals surface area contributed by atoms with Crippen molar-refractivity contribution in [1.29, 1.82) is 0 Å². The van der Waals surface area contributed by atoms with E-state index in [1.54, 1.807) is 20.8 Å². The highest BCUT2D eigenvalue weighted by Gasteiger charge is 2.23. The van der Waals surface area contributed by atoms with Crippen molar-refractivity contribution in [1.82, 2.24) is 15.5 Å². The van der Waals surface area contributed by atoms with Gasteiger partial charge in [0, 0.05) is 26.2 Å². The summed E-state index contributed by atoms with van der Waals surface area (Å²) in [5.74, 6) is -1.29. The molecule has 0 aliphatic carbocycles. The van der Waals surface area contributed by atoms with Crippen LogP contribution in [0.2, 0.25) is 0 Å². The number of methoxy groups -OCH3 is 1. The minimum Gasteiger partial charge on any atom is -0.481 e. The monoisotopic (exact) mass is 303 g/mol. The quantitative estimate of drug-likeness (QED) is 0.521. The zero-order valence-electron chi connectivity index (χ0n) is 13.0. The lowest BCUT2D eigenvalue weighted by Crippen LogP contribution is -2.52. The maximum atomic E-state index is 12.1. The first-order chi connectivity index (χ1) is 9.83. The molecule has 21 heavy (non-hydrogen) atoms. The number of carbonyl (C=O) groups excluding carboxylic acids is 2. The van der Waals surface area contributed by atoms with Crippen LogP contribution in [0, 0.1) is 0 Å². The highest BCUT2D eigenvalue weighted by atomic mass is 16.5. The summed E-state index contributed by atoms with van der Waals surface area (Å²) in [6.45, 7) is 6.08. The van der Waals surface area contributed by atoms with Crippen LogP contribution in [-0.4, -0.2) is 66.8 Å². The Kier molecular flexibility index (Phi) is 9.11. The number of aliphatic carboxylic acids is 1. The van der Waals surface area contributed by atoms with Crippen molar-refractivity contribution >= 4 is 17.9 Å². The van der Waals surface area contributed by atoms with Gasteiger partial charge < -0.3 is 25.4 Å². The van der Waals surface area contributed by atoms with E-state index in [4.69, 9.17) is 9.84 Å². The molecule has 0 rings (SSSR count). The topological polar surface area (TPSA) is 108 Å². The number of nitrogens with one attached hydrogen (secondary N) is 2. The van der Waals surface area contributed by atoms with Gasteiger partial charge >= 0.3 is 12.0 Å². The summed E-state index contributed by atoms with van der Waals surface area (Å²) >= 11 is 0. The smallest absolute Gasteiger partial charge is 0.318 e. The largest absolute Gasteiger partial charge is 0.481 e. The maximum Gasteiger partial charge on any atom is 0.318 e. The highest BCUT2D eigenvalue weighted by Crippen LogP contribution is 2.04. The molecule has 0 aromatic rings. The molecule has 0 saturated carbocycles. The van der Waals surface area contributed by atoms with E-state index < -0.39 is 24.1 Å². The van der Waals surface area contributed by atoms with E-state index >= 15 is 0 Å². The summed E-state index contributed by atoms with van der Waals surface area (Å²) < 4.78 is 4.81. The lowest BCUT2D eigenvalue weighted by molar-refractivity contribution is -0.138. The van der Waals surface area contributed by atoms with Crippen molar-refractivity contribution in [3.63, 3.8) is 0 Å². The molecular weight excluding hydrogens is 278 g/mol. The molecule has 0 radical (unpaired) electrons. The van der Waals surface area contributed by atoms with Crippen LogP contribution < -0.4 is 10.6 Å². The number of hydrogen-bond donors (Lipinski definition) is 3.